The number of halogens is 1. The molecule has 0 saturated heterocycles. The zero-order valence-electron chi connectivity index (χ0n) is 11.5. The lowest BCUT2D eigenvalue weighted by atomic mass is 10.2. The number of ether oxygens (including phenoxy) is 2. The van der Waals surface area contributed by atoms with Crippen molar-refractivity contribution in [2.45, 2.75) is 26.3 Å². The Balaban J connectivity index is 2.77. The van der Waals surface area contributed by atoms with Crippen molar-refractivity contribution in [3.8, 4) is 23.8 Å². The monoisotopic (exact) mass is 325 g/mol. The normalized spacial score (nSPS) is 10.0. The van der Waals surface area contributed by atoms with Gasteiger partial charge in [-0.2, -0.15) is 0 Å². The molecule has 0 heterocycles. The van der Waals surface area contributed by atoms with Crippen LogP contribution in [0, 0.1) is 12.3 Å². The van der Waals surface area contributed by atoms with Gasteiger partial charge in [0.15, 0.2) is 11.5 Å². The van der Waals surface area contributed by atoms with Crippen LogP contribution in [0.5, 0.6) is 11.5 Å². The average molecular weight is 326 g/mol. The van der Waals surface area contributed by atoms with Gasteiger partial charge in [-0.15, -0.1) is 12.3 Å². The Bertz CT molecular complexity index is 441. The molecule has 0 bridgehead atoms. The van der Waals surface area contributed by atoms with Gasteiger partial charge in [-0.1, -0.05) is 6.92 Å². The van der Waals surface area contributed by atoms with E-state index in [1.54, 1.807) is 7.11 Å². The van der Waals surface area contributed by atoms with E-state index in [2.05, 4.69) is 34.1 Å². The van der Waals surface area contributed by atoms with Crippen LogP contribution < -0.4 is 14.8 Å². The van der Waals surface area contributed by atoms with Gasteiger partial charge in [-0.3, -0.25) is 0 Å². The van der Waals surface area contributed by atoms with E-state index >= 15 is 0 Å². The zero-order chi connectivity index (χ0) is 14.1. The maximum Gasteiger partial charge on any atom is 0.175 e. The lowest BCUT2D eigenvalue weighted by Crippen LogP contribution is -2.12. The second kappa shape index (κ2) is 8.84. The fraction of sp³-hybridized carbons (Fsp3) is 0.467. The van der Waals surface area contributed by atoms with E-state index < -0.39 is 0 Å². The van der Waals surface area contributed by atoms with Crippen LogP contribution in [-0.4, -0.2) is 20.3 Å². The van der Waals surface area contributed by atoms with Gasteiger partial charge in [0.25, 0.3) is 0 Å². The summed E-state index contributed by atoms with van der Waals surface area (Å²) in [5, 5.41) is 3.28. The molecule has 0 aromatic heterocycles. The molecule has 104 valence electrons. The number of rotatable bonds is 8. The number of unbranched alkanes of at least 4 members (excludes halogenated alkanes) is 1. The molecule has 0 aliphatic rings. The van der Waals surface area contributed by atoms with Crippen molar-refractivity contribution in [1.82, 2.24) is 5.32 Å². The summed E-state index contributed by atoms with van der Waals surface area (Å²) in [7, 11) is 1.65. The fourth-order valence-corrected chi connectivity index (χ4v) is 2.24. The molecule has 0 unspecified atom stereocenters. The van der Waals surface area contributed by atoms with E-state index in [1.807, 2.05) is 12.1 Å². The van der Waals surface area contributed by atoms with Gasteiger partial charge in [0.2, 0.25) is 0 Å². The summed E-state index contributed by atoms with van der Waals surface area (Å²) >= 11 is 3.53. The quantitative estimate of drug-likeness (QED) is 0.587. The summed E-state index contributed by atoms with van der Waals surface area (Å²) in [4.78, 5) is 0. The van der Waals surface area contributed by atoms with E-state index in [1.165, 1.54) is 0 Å². The molecule has 0 fully saturated rings. The summed E-state index contributed by atoms with van der Waals surface area (Å²) in [5.74, 6) is 4.07. The van der Waals surface area contributed by atoms with Crippen molar-refractivity contribution in [3.63, 3.8) is 0 Å². The Kier molecular flexibility index (Phi) is 7.39. The predicted molar refractivity (Wildman–Crippen MR) is 81.6 cm³/mol. The van der Waals surface area contributed by atoms with E-state index in [4.69, 9.17) is 15.9 Å². The van der Waals surface area contributed by atoms with Crippen LogP contribution in [0.25, 0.3) is 0 Å². The maximum absolute atomic E-state index is 5.73. The standard InChI is InChI=1S/C15H20BrNO2/c1-4-6-7-8-19-15-13(16)9-12(11-17-5-2)10-14(15)18-3/h1,9-10,17H,5-8,11H2,2-3H3. The van der Waals surface area contributed by atoms with E-state index in [0.29, 0.717) is 6.61 Å². The van der Waals surface area contributed by atoms with Crippen molar-refractivity contribution in [1.29, 1.82) is 0 Å². The molecule has 0 atom stereocenters. The second-order valence-corrected chi connectivity index (χ2v) is 4.90. The second-order valence-electron chi connectivity index (χ2n) is 4.05. The van der Waals surface area contributed by atoms with Crippen molar-refractivity contribution >= 4 is 15.9 Å². The molecule has 1 N–H and O–H groups in total. The summed E-state index contributed by atoms with van der Waals surface area (Å²) in [6, 6.07) is 4.03. The van der Waals surface area contributed by atoms with Crippen LogP contribution in [0.15, 0.2) is 16.6 Å². The average Bonchev–Trinajstić information content (AvgIpc) is 2.42. The molecule has 1 rings (SSSR count). The van der Waals surface area contributed by atoms with Gasteiger partial charge < -0.3 is 14.8 Å². The fourth-order valence-electron chi connectivity index (χ4n) is 1.63. The molecule has 3 nitrogen and oxygen atoms in total. The molecule has 0 spiro atoms. The zero-order valence-corrected chi connectivity index (χ0v) is 13.0. The number of hydrogen-bond acceptors (Lipinski definition) is 3. The largest absolute Gasteiger partial charge is 0.493 e. The first-order chi connectivity index (χ1) is 9.22. The molecule has 0 saturated carbocycles. The minimum Gasteiger partial charge on any atom is -0.493 e. The SMILES string of the molecule is C#CCCCOc1c(Br)cc(CNCC)cc1OC. The number of methoxy groups -OCH3 is 1. The highest BCUT2D eigenvalue weighted by Gasteiger charge is 2.11. The molecule has 1 aromatic carbocycles. The first kappa shape index (κ1) is 15.9. The van der Waals surface area contributed by atoms with Crippen LogP contribution in [0.2, 0.25) is 0 Å². The summed E-state index contributed by atoms with van der Waals surface area (Å²) < 4.78 is 12.0. The third-order valence-electron chi connectivity index (χ3n) is 2.58. The highest BCUT2D eigenvalue weighted by molar-refractivity contribution is 9.10. The van der Waals surface area contributed by atoms with Gasteiger partial charge >= 0.3 is 0 Å². The number of benzene rings is 1. The van der Waals surface area contributed by atoms with Crippen LogP contribution >= 0.6 is 15.9 Å². The lowest BCUT2D eigenvalue weighted by molar-refractivity contribution is 0.289. The smallest absolute Gasteiger partial charge is 0.175 e. The molecule has 0 aliphatic heterocycles. The first-order valence-electron chi connectivity index (χ1n) is 6.36. The van der Waals surface area contributed by atoms with Crippen molar-refractivity contribution in [2.75, 3.05) is 20.3 Å². The number of terminal acetylenes is 1. The minimum atomic E-state index is 0.589. The number of nitrogens with one attached hydrogen (secondary N) is 1. The maximum atomic E-state index is 5.73. The molecule has 0 radical (unpaired) electrons. The van der Waals surface area contributed by atoms with Crippen LogP contribution in [0.4, 0.5) is 0 Å². The Labute approximate surface area is 123 Å². The molecular weight excluding hydrogens is 306 g/mol. The molecule has 0 amide bonds. The van der Waals surface area contributed by atoms with Gasteiger partial charge in [-0.25, -0.2) is 0 Å². The highest BCUT2D eigenvalue weighted by atomic mass is 79.9. The van der Waals surface area contributed by atoms with Gasteiger partial charge in [0.1, 0.15) is 0 Å². The van der Waals surface area contributed by atoms with E-state index in [9.17, 15) is 0 Å². The van der Waals surface area contributed by atoms with Crippen molar-refractivity contribution in [3.05, 3.63) is 22.2 Å². The van der Waals surface area contributed by atoms with Crippen LogP contribution in [0.1, 0.15) is 25.3 Å². The molecular formula is C15H20BrNO2. The lowest BCUT2D eigenvalue weighted by Gasteiger charge is -2.14. The van der Waals surface area contributed by atoms with Crippen molar-refractivity contribution < 1.29 is 9.47 Å². The molecule has 1 aromatic rings. The van der Waals surface area contributed by atoms with Gasteiger partial charge in [0.05, 0.1) is 18.2 Å². The summed E-state index contributed by atoms with van der Waals surface area (Å²) in [6.07, 6.45) is 6.77. The third kappa shape index (κ3) is 5.14. The Hall–Kier alpha value is -1.18. The Morgan fingerprint density at radius 1 is 1.42 bits per heavy atom. The first-order valence-corrected chi connectivity index (χ1v) is 7.15. The summed E-state index contributed by atoms with van der Waals surface area (Å²) in [6.45, 7) is 4.41. The van der Waals surface area contributed by atoms with Gasteiger partial charge in [-0.05, 0) is 46.6 Å². The molecule has 0 aliphatic carbocycles. The Morgan fingerprint density at radius 3 is 2.84 bits per heavy atom. The van der Waals surface area contributed by atoms with Crippen LogP contribution in [0.3, 0.4) is 0 Å². The third-order valence-corrected chi connectivity index (χ3v) is 3.17. The number of hydrogen-bond donors (Lipinski definition) is 1. The van der Waals surface area contributed by atoms with Gasteiger partial charge in [0, 0.05) is 13.0 Å². The molecule has 19 heavy (non-hydrogen) atoms. The highest BCUT2D eigenvalue weighted by Crippen LogP contribution is 2.36. The predicted octanol–water partition coefficient (Wildman–Crippen LogP) is 3.36. The topological polar surface area (TPSA) is 30.5 Å². The van der Waals surface area contributed by atoms with E-state index in [0.717, 1.165) is 47.5 Å². The Morgan fingerprint density at radius 2 is 2.21 bits per heavy atom. The van der Waals surface area contributed by atoms with Crippen LogP contribution in [-0.2, 0) is 6.54 Å². The van der Waals surface area contributed by atoms with Crippen molar-refractivity contribution in [2.24, 2.45) is 0 Å². The molecule has 4 heteroatoms. The van der Waals surface area contributed by atoms with E-state index in [-0.39, 0.29) is 0 Å². The summed E-state index contributed by atoms with van der Waals surface area (Å²) in [5.41, 5.74) is 1.15. The minimum absolute atomic E-state index is 0.589.